The van der Waals surface area contributed by atoms with E-state index in [1.807, 2.05) is 48.5 Å². The van der Waals surface area contributed by atoms with Gasteiger partial charge in [0.2, 0.25) is 0 Å². The van der Waals surface area contributed by atoms with E-state index in [4.69, 9.17) is 2.74 Å². The fourth-order valence-corrected chi connectivity index (χ4v) is 1.69. The number of fused-ring (bicyclic) bond motifs is 2. The van der Waals surface area contributed by atoms with Crippen molar-refractivity contribution in [3.63, 3.8) is 0 Å². The van der Waals surface area contributed by atoms with Gasteiger partial charge in [0, 0.05) is 20.5 Å². The van der Waals surface area contributed by atoms with E-state index in [-0.39, 0.29) is 0 Å². The summed E-state index contributed by atoms with van der Waals surface area (Å²) in [5.41, 5.74) is 3.11. The molecule has 0 saturated carbocycles. The van der Waals surface area contributed by atoms with Gasteiger partial charge in [-0.15, -0.1) is 0 Å². The highest BCUT2D eigenvalue weighted by atomic mass is 14.9. The summed E-state index contributed by atoms with van der Waals surface area (Å²) < 4.78 is 16.4. The van der Waals surface area contributed by atoms with Crippen LogP contribution in [-0.4, -0.2) is 0 Å². The molecule has 1 nitrogen and oxygen atoms in total. The maximum absolute atomic E-state index is 8.22. The molecule has 1 aliphatic heterocycles. The molecule has 0 radical (unpaired) electrons. The Morgan fingerprint density at radius 3 is 1.93 bits per heavy atom. The minimum absolute atomic E-state index is 0.703. The van der Waals surface area contributed by atoms with Crippen LogP contribution in [0.3, 0.4) is 0 Å². The smallest absolute Gasteiger partial charge is 0.0420 e. The molecule has 0 saturated heterocycles. The first-order chi connectivity index (χ1) is 7.69. The van der Waals surface area contributed by atoms with Gasteiger partial charge < -0.3 is 5.32 Å². The molecular formula is C13H11N. The molecule has 1 N–H and O–H groups in total. The average molecular weight is 183 g/mol. The minimum atomic E-state index is -1.42. The molecule has 2 aromatic rings. The molecular weight excluding hydrogens is 170 g/mol. The van der Waals surface area contributed by atoms with Gasteiger partial charge in [0.1, 0.15) is 0 Å². The van der Waals surface area contributed by atoms with Gasteiger partial charge in [-0.2, -0.15) is 0 Å². The molecule has 68 valence electrons. The minimum Gasteiger partial charge on any atom is -0.355 e. The third kappa shape index (κ3) is 1.10. The van der Waals surface area contributed by atoms with E-state index in [9.17, 15) is 0 Å². The molecule has 0 amide bonds. The second-order valence-corrected chi connectivity index (χ2v) is 3.34. The van der Waals surface area contributed by atoms with E-state index in [1.165, 1.54) is 0 Å². The van der Waals surface area contributed by atoms with Crippen LogP contribution in [0.5, 0.6) is 0 Å². The van der Waals surface area contributed by atoms with Gasteiger partial charge in [0.25, 0.3) is 0 Å². The summed E-state index contributed by atoms with van der Waals surface area (Å²) in [4.78, 5) is 0. The summed E-state index contributed by atoms with van der Waals surface area (Å²) >= 11 is 0. The van der Waals surface area contributed by atoms with Crippen molar-refractivity contribution in [1.82, 2.24) is 0 Å². The lowest BCUT2D eigenvalue weighted by molar-refractivity contribution is 1.16. The highest BCUT2D eigenvalue weighted by Gasteiger charge is 2.12. The third-order valence-electron chi connectivity index (χ3n) is 2.39. The van der Waals surface area contributed by atoms with Crippen molar-refractivity contribution >= 4 is 11.4 Å². The van der Waals surface area contributed by atoms with Gasteiger partial charge in [0.15, 0.2) is 0 Å². The Balaban J connectivity index is 2.28. The molecule has 1 heterocycles. The van der Waals surface area contributed by atoms with Crippen molar-refractivity contribution in [2.45, 2.75) is 6.37 Å². The van der Waals surface area contributed by atoms with Crippen molar-refractivity contribution in [2.75, 3.05) is 5.32 Å². The van der Waals surface area contributed by atoms with Crippen molar-refractivity contribution < 1.29 is 2.74 Å². The van der Waals surface area contributed by atoms with Crippen LogP contribution >= 0.6 is 0 Å². The summed E-state index contributed by atoms with van der Waals surface area (Å²) in [7, 11) is 0. The van der Waals surface area contributed by atoms with E-state index in [2.05, 4.69) is 5.32 Å². The van der Waals surface area contributed by atoms with Crippen molar-refractivity contribution in [3.8, 4) is 0 Å². The third-order valence-corrected chi connectivity index (χ3v) is 2.39. The zero-order valence-electron chi connectivity index (χ0n) is 9.62. The molecule has 1 aliphatic rings. The van der Waals surface area contributed by atoms with Gasteiger partial charge >= 0.3 is 0 Å². The van der Waals surface area contributed by atoms with Gasteiger partial charge in [-0.1, -0.05) is 36.4 Å². The number of rotatable bonds is 0. The molecule has 3 rings (SSSR count). The van der Waals surface area contributed by atoms with Gasteiger partial charge in [-0.05, 0) is 23.3 Å². The molecule has 1 heteroatoms. The first kappa shape index (κ1) is 5.86. The van der Waals surface area contributed by atoms with E-state index in [0.29, 0.717) is 11.1 Å². The Morgan fingerprint density at radius 2 is 1.36 bits per heavy atom. The quantitative estimate of drug-likeness (QED) is 0.660. The number of benzene rings is 2. The number of hydrogen-bond donors (Lipinski definition) is 1. The first-order valence-corrected chi connectivity index (χ1v) is 4.65. The monoisotopic (exact) mass is 183 g/mol. The Kier molecular flexibility index (Phi) is 1.20. The van der Waals surface area contributed by atoms with E-state index in [1.54, 1.807) is 0 Å². The maximum Gasteiger partial charge on any atom is 0.0420 e. The second kappa shape index (κ2) is 2.88. The highest BCUT2D eigenvalue weighted by molar-refractivity contribution is 5.71. The SMILES string of the molecule is [2H]C1([2H])c2ccccc2Nc2ccccc21. The molecule has 0 fully saturated rings. The van der Waals surface area contributed by atoms with Crippen LogP contribution in [0, 0.1) is 0 Å². The van der Waals surface area contributed by atoms with Gasteiger partial charge in [-0.25, -0.2) is 0 Å². The predicted molar refractivity (Wildman–Crippen MR) is 59.0 cm³/mol. The van der Waals surface area contributed by atoms with Crippen LogP contribution in [0.15, 0.2) is 48.5 Å². The average Bonchev–Trinajstić information content (AvgIpc) is 2.29. The summed E-state index contributed by atoms with van der Waals surface area (Å²) in [6, 6.07) is 15.0. The van der Waals surface area contributed by atoms with Crippen LogP contribution in [-0.2, 0) is 6.37 Å². The Labute approximate surface area is 86.2 Å². The molecule has 0 spiro atoms. The van der Waals surface area contributed by atoms with Crippen LogP contribution in [0.4, 0.5) is 11.4 Å². The standard InChI is InChI=1S/C13H11N/c1-3-7-12-10(5-1)9-11-6-2-4-8-13(11)14-12/h1-8,14H,9H2/i9D2. The van der Waals surface area contributed by atoms with Crippen molar-refractivity contribution in [3.05, 3.63) is 59.7 Å². The van der Waals surface area contributed by atoms with Crippen molar-refractivity contribution in [1.29, 1.82) is 0 Å². The summed E-state index contributed by atoms with van der Waals surface area (Å²) in [5, 5.41) is 3.26. The maximum atomic E-state index is 8.22. The zero-order valence-corrected chi connectivity index (χ0v) is 7.62. The Bertz CT molecular complexity index is 502. The molecule has 14 heavy (non-hydrogen) atoms. The summed E-state index contributed by atoms with van der Waals surface area (Å²) in [5.74, 6) is 0. The van der Waals surface area contributed by atoms with E-state index >= 15 is 0 Å². The van der Waals surface area contributed by atoms with Crippen molar-refractivity contribution in [2.24, 2.45) is 0 Å². The summed E-state index contributed by atoms with van der Waals surface area (Å²) in [6.45, 7) is 0. The van der Waals surface area contributed by atoms with E-state index < -0.39 is 6.37 Å². The molecule has 0 aromatic heterocycles. The number of para-hydroxylation sites is 2. The molecule has 0 atom stereocenters. The second-order valence-electron chi connectivity index (χ2n) is 3.34. The first-order valence-electron chi connectivity index (χ1n) is 5.65. The topological polar surface area (TPSA) is 12.0 Å². The molecule has 0 unspecified atom stereocenters. The number of hydrogen-bond acceptors (Lipinski definition) is 1. The van der Waals surface area contributed by atoms with Crippen LogP contribution in [0.25, 0.3) is 0 Å². The fraction of sp³-hybridized carbons (Fsp3) is 0.0769. The number of nitrogens with one attached hydrogen (secondary N) is 1. The molecule has 0 bridgehead atoms. The largest absolute Gasteiger partial charge is 0.355 e. The molecule has 0 aliphatic carbocycles. The Hall–Kier alpha value is -1.76. The lowest BCUT2D eigenvalue weighted by Crippen LogP contribution is -2.05. The highest BCUT2D eigenvalue weighted by Crippen LogP contribution is 2.31. The number of anilines is 2. The van der Waals surface area contributed by atoms with Crippen LogP contribution in [0.1, 0.15) is 13.9 Å². The molecule has 2 aromatic carbocycles. The van der Waals surface area contributed by atoms with Gasteiger partial charge in [-0.3, -0.25) is 0 Å². The Morgan fingerprint density at radius 1 is 0.857 bits per heavy atom. The zero-order chi connectivity index (χ0) is 11.2. The van der Waals surface area contributed by atoms with Gasteiger partial charge in [0.05, 0.1) is 0 Å². The lowest BCUT2D eigenvalue weighted by Gasteiger charge is -2.20. The lowest BCUT2D eigenvalue weighted by atomic mass is 9.98. The summed E-state index contributed by atoms with van der Waals surface area (Å²) in [6.07, 6.45) is -1.42. The fourth-order valence-electron chi connectivity index (χ4n) is 1.69. The normalized spacial score (nSPS) is 18.3. The van der Waals surface area contributed by atoms with Crippen LogP contribution < -0.4 is 5.32 Å². The predicted octanol–water partition coefficient (Wildman–Crippen LogP) is 3.33. The van der Waals surface area contributed by atoms with Crippen LogP contribution in [0.2, 0.25) is 0 Å². The van der Waals surface area contributed by atoms with E-state index in [0.717, 1.165) is 11.4 Å².